The lowest BCUT2D eigenvalue weighted by atomic mass is 9.84. The highest BCUT2D eigenvalue weighted by molar-refractivity contribution is 4.64. The summed E-state index contributed by atoms with van der Waals surface area (Å²) in [6, 6.07) is 0. The third-order valence-electron chi connectivity index (χ3n) is 7.08. The van der Waals surface area contributed by atoms with Crippen molar-refractivity contribution in [3.63, 3.8) is 0 Å². The standard InChI is InChI=1S/C10H22.C9H20.C8H18/c1-6-7-9(4)10(5)8(2)3;1-5-7-9(6-2)8(3)4;1-5-7(3)8(4)6-2/h8-10H,6-7H2,1-5H3;8-9H,5-7H2,1-4H3;7-8H,5-6H2,1-4H3. The van der Waals surface area contributed by atoms with E-state index in [9.17, 15) is 0 Å². The SMILES string of the molecule is CCC(C)C(C)CC.CCCC(C)C(C)C(C)C.CCCC(CC)C(C)C. The second-order valence-corrected chi connectivity index (χ2v) is 9.84. The topological polar surface area (TPSA) is 0 Å². The zero-order valence-corrected chi connectivity index (χ0v) is 22.0. The minimum absolute atomic E-state index is 0.849. The quantitative estimate of drug-likeness (QED) is 0.332. The van der Waals surface area contributed by atoms with Crippen LogP contribution in [0.3, 0.4) is 0 Å². The molecule has 0 heterocycles. The van der Waals surface area contributed by atoms with Gasteiger partial charge in [0, 0.05) is 0 Å². The predicted octanol–water partition coefficient (Wildman–Crippen LogP) is 10.3. The first kappa shape index (κ1) is 31.7. The van der Waals surface area contributed by atoms with Crippen molar-refractivity contribution in [3.8, 4) is 0 Å². The van der Waals surface area contributed by atoms with Crippen LogP contribution in [0.4, 0.5) is 0 Å². The second kappa shape index (κ2) is 20.7. The Labute approximate surface area is 176 Å². The van der Waals surface area contributed by atoms with E-state index in [0.717, 1.165) is 41.4 Å². The molecule has 0 amide bonds. The van der Waals surface area contributed by atoms with Gasteiger partial charge in [-0.15, -0.1) is 0 Å². The van der Waals surface area contributed by atoms with Gasteiger partial charge in [-0.05, 0) is 41.4 Å². The highest BCUT2D eigenvalue weighted by Crippen LogP contribution is 2.23. The van der Waals surface area contributed by atoms with Gasteiger partial charge in [0.25, 0.3) is 0 Å². The first-order chi connectivity index (χ1) is 12.5. The molecule has 5 atom stereocenters. The number of hydrogen-bond donors (Lipinski definition) is 0. The van der Waals surface area contributed by atoms with Crippen molar-refractivity contribution in [3.05, 3.63) is 0 Å². The molecule has 0 bridgehead atoms. The Morgan fingerprint density at radius 3 is 1.04 bits per heavy atom. The minimum Gasteiger partial charge on any atom is -0.0654 e. The number of hydrogen-bond acceptors (Lipinski definition) is 0. The molecule has 0 aliphatic carbocycles. The van der Waals surface area contributed by atoms with Gasteiger partial charge in [-0.2, -0.15) is 0 Å². The molecule has 0 radical (unpaired) electrons. The Balaban J connectivity index is -0.000000322. The highest BCUT2D eigenvalue weighted by atomic mass is 14.2. The molecule has 168 valence electrons. The molecule has 0 saturated heterocycles. The van der Waals surface area contributed by atoms with Crippen LogP contribution in [0, 0.1) is 41.4 Å². The molecule has 0 nitrogen and oxygen atoms in total. The van der Waals surface area contributed by atoms with Crippen LogP contribution >= 0.6 is 0 Å². The molecule has 0 heteroatoms. The lowest BCUT2D eigenvalue weighted by molar-refractivity contribution is 0.280. The molecule has 0 aromatic carbocycles. The van der Waals surface area contributed by atoms with E-state index in [-0.39, 0.29) is 0 Å². The second-order valence-electron chi connectivity index (χ2n) is 9.84. The van der Waals surface area contributed by atoms with Crippen molar-refractivity contribution in [2.24, 2.45) is 41.4 Å². The minimum atomic E-state index is 0.849. The Hall–Kier alpha value is 0. The summed E-state index contributed by atoms with van der Waals surface area (Å²) in [7, 11) is 0. The molecule has 0 rings (SSSR count). The van der Waals surface area contributed by atoms with Gasteiger partial charge >= 0.3 is 0 Å². The average Bonchev–Trinajstić information content (AvgIpc) is 2.64. The average molecular weight is 385 g/mol. The maximum Gasteiger partial charge on any atom is -0.0394 e. The van der Waals surface area contributed by atoms with Crippen LogP contribution in [0.15, 0.2) is 0 Å². The smallest absolute Gasteiger partial charge is 0.0394 e. The summed E-state index contributed by atoms with van der Waals surface area (Å²) >= 11 is 0. The Morgan fingerprint density at radius 2 is 0.852 bits per heavy atom. The van der Waals surface area contributed by atoms with E-state index in [1.54, 1.807) is 0 Å². The van der Waals surface area contributed by atoms with Gasteiger partial charge in [0.05, 0.1) is 0 Å². The molecule has 0 fully saturated rings. The Kier molecular flexibility index (Phi) is 24.3. The highest BCUT2D eigenvalue weighted by Gasteiger charge is 2.14. The zero-order valence-electron chi connectivity index (χ0n) is 22.0. The predicted molar refractivity (Wildman–Crippen MR) is 131 cm³/mol. The van der Waals surface area contributed by atoms with E-state index in [0.29, 0.717) is 0 Å². The molecule has 0 spiro atoms. The number of rotatable bonds is 11. The van der Waals surface area contributed by atoms with E-state index < -0.39 is 0 Å². The maximum absolute atomic E-state index is 2.37. The summed E-state index contributed by atoms with van der Waals surface area (Å²) in [5.41, 5.74) is 0. The third-order valence-corrected chi connectivity index (χ3v) is 7.08. The molecular formula is C27H60. The van der Waals surface area contributed by atoms with Crippen LogP contribution in [0.2, 0.25) is 0 Å². The van der Waals surface area contributed by atoms with Crippen LogP contribution in [0.1, 0.15) is 135 Å². The molecule has 0 N–H and O–H groups in total. The molecule has 0 aliphatic heterocycles. The maximum atomic E-state index is 2.37. The summed E-state index contributed by atoms with van der Waals surface area (Å²) in [5, 5.41) is 0. The molecule has 0 saturated carbocycles. The van der Waals surface area contributed by atoms with E-state index in [2.05, 4.69) is 90.0 Å². The fourth-order valence-electron chi connectivity index (χ4n) is 3.56. The lowest BCUT2D eigenvalue weighted by Gasteiger charge is -2.22. The Morgan fingerprint density at radius 1 is 0.444 bits per heavy atom. The summed E-state index contributed by atoms with van der Waals surface area (Å²) in [4.78, 5) is 0. The van der Waals surface area contributed by atoms with Gasteiger partial charge in [0.1, 0.15) is 0 Å². The third kappa shape index (κ3) is 19.1. The van der Waals surface area contributed by atoms with Crippen molar-refractivity contribution in [2.45, 2.75) is 135 Å². The first-order valence-electron chi connectivity index (χ1n) is 12.5. The van der Waals surface area contributed by atoms with Gasteiger partial charge in [0.15, 0.2) is 0 Å². The normalized spacial score (nSPS) is 16.6. The molecule has 5 unspecified atom stereocenters. The van der Waals surface area contributed by atoms with Crippen molar-refractivity contribution >= 4 is 0 Å². The largest absolute Gasteiger partial charge is 0.0654 e. The molecule has 0 aromatic heterocycles. The fourth-order valence-corrected chi connectivity index (χ4v) is 3.56. The first-order valence-corrected chi connectivity index (χ1v) is 12.5. The van der Waals surface area contributed by atoms with E-state index in [1.807, 2.05) is 0 Å². The molecular weight excluding hydrogens is 324 g/mol. The van der Waals surface area contributed by atoms with Crippen LogP contribution in [0.25, 0.3) is 0 Å². The van der Waals surface area contributed by atoms with Crippen LogP contribution in [0.5, 0.6) is 0 Å². The van der Waals surface area contributed by atoms with Crippen molar-refractivity contribution < 1.29 is 0 Å². The van der Waals surface area contributed by atoms with Crippen molar-refractivity contribution in [2.75, 3.05) is 0 Å². The van der Waals surface area contributed by atoms with Crippen molar-refractivity contribution in [1.82, 2.24) is 0 Å². The van der Waals surface area contributed by atoms with E-state index in [1.165, 1.54) is 44.9 Å². The summed E-state index contributed by atoms with van der Waals surface area (Å²) in [5.74, 6) is 6.33. The molecule has 27 heavy (non-hydrogen) atoms. The summed E-state index contributed by atoms with van der Waals surface area (Å²) in [6.45, 7) is 30.0. The van der Waals surface area contributed by atoms with E-state index >= 15 is 0 Å². The summed E-state index contributed by atoms with van der Waals surface area (Å²) in [6.07, 6.45) is 9.48. The van der Waals surface area contributed by atoms with Crippen LogP contribution in [-0.2, 0) is 0 Å². The van der Waals surface area contributed by atoms with Gasteiger partial charge < -0.3 is 0 Å². The fraction of sp³-hybridized carbons (Fsp3) is 1.00. The van der Waals surface area contributed by atoms with Crippen molar-refractivity contribution in [1.29, 1.82) is 0 Å². The van der Waals surface area contributed by atoms with E-state index in [4.69, 9.17) is 0 Å². The van der Waals surface area contributed by atoms with Gasteiger partial charge in [0.2, 0.25) is 0 Å². The molecule has 0 aliphatic rings. The van der Waals surface area contributed by atoms with Gasteiger partial charge in [-0.3, -0.25) is 0 Å². The van der Waals surface area contributed by atoms with Gasteiger partial charge in [-0.25, -0.2) is 0 Å². The monoisotopic (exact) mass is 384 g/mol. The van der Waals surface area contributed by atoms with Gasteiger partial charge in [-0.1, -0.05) is 135 Å². The lowest BCUT2D eigenvalue weighted by Crippen LogP contribution is -2.13. The summed E-state index contributed by atoms with van der Waals surface area (Å²) < 4.78 is 0. The molecule has 0 aromatic rings. The van der Waals surface area contributed by atoms with Crippen LogP contribution < -0.4 is 0 Å². The Bertz CT molecular complexity index is 257. The zero-order chi connectivity index (χ0) is 22.0. The van der Waals surface area contributed by atoms with Crippen LogP contribution in [-0.4, -0.2) is 0 Å².